The van der Waals surface area contributed by atoms with E-state index in [2.05, 4.69) is 30.7 Å². The summed E-state index contributed by atoms with van der Waals surface area (Å²) < 4.78 is 0. The molecule has 78 valence electrons. The van der Waals surface area contributed by atoms with Crippen LogP contribution in [0.1, 0.15) is 32.3 Å². The summed E-state index contributed by atoms with van der Waals surface area (Å²) in [5.74, 6) is 0. The lowest BCUT2D eigenvalue weighted by molar-refractivity contribution is 0.366. The molecule has 0 amide bonds. The molecule has 2 heteroatoms. The molecule has 1 aromatic heterocycles. The molecule has 1 heterocycles. The van der Waals surface area contributed by atoms with Gasteiger partial charge in [0.2, 0.25) is 0 Å². The molecule has 2 rings (SSSR count). The molecule has 1 nitrogen and oxygen atoms in total. The fourth-order valence-corrected chi connectivity index (χ4v) is 3.20. The van der Waals surface area contributed by atoms with Crippen LogP contribution in [0.3, 0.4) is 0 Å². The number of hydrogen-bond donors (Lipinski definition) is 1. The van der Waals surface area contributed by atoms with Crippen molar-refractivity contribution in [2.24, 2.45) is 16.6 Å². The number of aryl methyl sites for hydroxylation is 1. The van der Waals surface area contributed by atoms with E-state index in [0.717, 1.165) is 6.54 Å². The second-order valence-corrected chi connectivity index (χ2v) is 5.96. The maximum atomic E-state index is 5.89. The van der Waals surface area contributed by atoms with E-state index in [0.29, 0.717) is 10.8 Å². The lowest BCUT2D eigenvalue weighted by Crippen LogP contribution is -2.21. The molecule has 0 saturated heterocycles. The van der Waals surface area contributed by atoms with Crippen molar-refractivity contribution in [3.8, 4) is 0 Å². The van der Waals surface area contributed by atoms with E-state index in [4.69, 9.17) is 5.73 Å². The molecule has 14 heavy (non-hydrogen) atoms. The summed E-state index contributed by atoms with van der Waals surface area (Å²) in [6.07, 6.45) is 3.76. The smallest absolute Gasteiger partial charge is 0.00151 e. The van der Waals surface area contributed by atoms with Crippen LogP contribution in [0.4, 0.5) is 0 Å². The van der Waals surface area contributed by atoms with Gasteiger partial charge < -0.3 is 5.73 Å². The van der Waals surface area contributed by atoms with Gasteiger partial charge in [-0.05, 0) is 59.0 Å². The second-order valence-electron chi connectivity index (χ2n) is 5.18. The molecular formula is C12H19NS. The van der Waals surface area contributed by atoms with Crippen LogP contribution in [0.25, 0.3) is 0 Å². The maximum Gasteiger partial charge on any atom is -0.00151 e. The van der Waals surface area contributed by atoms with Gasteiger partial charge in [-0.2, -0.15) is 11.3 Å². The van der Waals surface area contributed by atoms with Crippen molar-refractivity contribution in [1.82, 2.24) is 0 Å². The quantitative estimate of drug-likeness (QED) is 0.810. The number of thiophene rings is 1. The van der Waals surface area contributed by atoms with Gasteiger partial charge in [0.1, 0.15) is 0 Å². The summed E-state index contributed by atoms with van der Waals surface area (Å²) in [6, 6.07) is 2.23. The van der Waals surface area contributed by atoms with Gasteiger partial charge in [-0.25, -0.2) is 0 Å². The Morgan fingerprint density at radius 1 is 1.50 bits per heavy atom. The molecule has 0 radical (unpaired) electrons. The Hall–Kier alpha value is -0.340. The molecule has 1 aliphatic rings. The van der Waals surface area contributed by atoms with Crippen LogP contribution in [0, 0.1) is 10.8 Å². The highest BCUT2D eigenvalue weighted by atomic mass is 32.1. The maximum absolute atomic E-state index is 5.89. The predicted octanol–water partition coefficient (Wildman–Crippen LogP) is 3.06. The molecule has 1 unspecified atom stereocenters. The lowest BCUT2D eigenvalue weighted by Gasteiger charge is -2.17. The Morgan fingerprint density at radius 3 is 2.64 bits per heavy atom. The second kappa shape index (κ2) is 3.35. The van der Waals surface area contributed by atoms with Gasteiger partial charge in [-0.3, -0.25) is 0 Å². The molecule has 0 bridgehead atoms. The number of nitrogens with two attached hydrogens (primary N) is 1. The largest absolute Gasteiger partial charge is 0.330 e. The minimum Gasteiger partial charge on any atom is -0.330 e. The number of rotatable bonds is 4. The van der Waals surface area contributed by atoms with Crippen molar-refractivity contribution >= 4 is 11.3 Å². The third-order valence-electron chi connectivity index (χ3n) is 3.95. The predicted molar refractivity (Wildman–Crippen MR) is 62.5 cm³/mol. The van der Waals surface area contributed by atoms with Crippen molar-refractivity contribution in [3.63, 3.8) is 0 Å². The molecule has 0 spiro atoms. The Balaban J connectivity index is 1.92. The molecular weight excluding hydrogens is 190 g/mol. The van der Waals surface area contributed by atoms with Gasteiger partial charge in [0, 0.05) is 0 Å². The van der Waals surface area contributed by atoms with Crippen LogP contribution < -0.4 is 5.73 Å². The van der Waals surface area contributed by atoms with Crippen molar-refractivity contribution in [1.29, 1.82) is 0 Å². The topological polar surface area (TPSA) is 26.0 Å². The molecule has 0 aliphatic heterocycles. The van der Waals surface area contributed by atoms with E-state index in [1.54, 1.807) is 11.3 Å². The fourth-order valence-electron chi connectivity index (χ4n) is 2.50. The Morgan fingerprint density at radius 2 is 2.21 bits per heavy atom. The Labute approximate surface area is 90.3 Å². The first-order chi connectivity index (χ1) is 6.60. The summed E-state index contributed by atoms with van der Waals surface area (Å²) in [7, 11) is 0. The third-order valence-corrected chi connectivity index (χ3v) is 4.69. The van der Waals surface area contributed by atoms with E-state index in [9.17, 15) is 0 Å². The fraction of sp³-hybridized carbons (Fsp3) is 0.667. The summed E-state index contributed by atoms with van der Waals surface area (Å²) in [5, 5.41) is 4.40. The van der Waals surface area contributed by atoms with Gasteiger partial charge >= 0.3 is 0 Å². The van der Waals surface area contributed by atoms with Gasteiger partial charge in [-0.1, -0.05) is 13.8 Å². The lowest BCUT2D eigenvalue weighted by atomic mass is 9.90. The van der Waals surface area contributed by atoms with E-state index < -0.39 is 0 Å². The van der Waals surface area contributed by atoms with Crippen molar-refractivity contribution in [2.45, 2.75) is 33.1 Å². The zero-order valence-electron chi connectivity index (χ0n) is 9.05. The summed E-state index contributed by atoms with van der Waals surface area (Å²) >= 11 is 1.79. The molecule has 0 aromatic carbocycles. The van der Waals surface area contributed by atoms with Gasteiger partial charge in [0.25, 0.3) is 0 Å². The monoisotopic (exact) mass is 209 g/mol. The van der Waals surface area contributed by atoms with E-state index >= 15 is 0 Å². The minimum atomic E-state index is 0.439. The third kappa shape index (κ3) is 1.61. The highest BCUT2D eigenvalue weighted by Gasteiger charge is 2.58. The molecule has 1 atom stereocenters. The normalized spacial score (nSPS) is 29.1. The summed E-state index contributed by atoms with van der Waals surface area (Å²) in [4.78, 5) is 0. The Bertz CT molecular complexity index is 302. The average Bonchev–Trinajstić information content (AvgIpc) is 2.56. The molecule has 1 aromatic rings. The average molecular weight is 209 g/mol. The van der Waals surface area contributed by atoms with Crippen LogP contribution in [-0.2, 0) is 6.42 Å². The SMILES string of the molecule is CC1(C)CC1(CN)CCc1ccsc1. The van der Waals surface area contributed by atoms with Crippen molar-refractivity contribution in [3.05, 3.63) is 22.4 Å². The first-order valence-electron chi connectivity index (χ1n) is 5.31. The van der Waals surface area contributed by atoms with Crippen molar-refractivity contribution in [2.75, 3.05) is 6.54 Å². The molecule has 1 aliphatic carbocycles. The highest BCUT2D eigenvalue weighted by Crippen LogP contribution is 2.65. The van der Waals surface area contributed by atoms with Crippen LogP contribution >= 0.6 is 11.3 Å². The van der Waals surface area contributed by atoms with Gasteiger partial charge in [0.05, 0.1) is 0 Å². The van der Waals surface area contributed by atoms with Crippen LogP contribution in [0.2, 0.25) is 0 Å². The van der Waals surface area contributed by atoms with Crippen LogP contribution in [-0.4, -0.2) is 6.54 Å². The molecule has 1 saturated carbocycles. The van der Waals surface area contributed by atoms with Gasteiger partial charge in [-0.15, -0.1) is 0 Å². The summed E-state index contributed by atoms with van der Waals surface area (Å²) in [6.45, 7) is 5.53. The first kappa shape index (κ1) is 10.2. The summed E-state index contributed by atoms with van der Waals surface area (Å²) in [5.41, 5.74) is 8.29. The van der Waals surface area contributed by atoms with E-state index in [1.165, 1.54) is 24.8 Å². The Kier molecular flexibility index (Phi) is 2.44. The minimum absolute atomic E-state index is 0.439. The molecule has 2 N–H and O–H groups in total. The number of hydrogen-bond acceptors (Lipinski definition) is 2. The van der Waals surface area contributed by atoms with Gasteiger partial charge in [0.15, 0.2) is 0 Å². The van der Waals surface area contributed by atoms with Crippen molar-refractivity contribution < 1.29 is 0 Å². The van der Waals surface area contributed by atoms with E-state index in [1.807, 2.05) is 0 Å². The highest BCUT2D eigenvalue weighted by molar-refractivity contribution is 7.07. The molecule has 1 fully saturated rings. The first-order valence-corrected chi connectivity index (χ1v) is 6.25. The zero-order chi connectivity index (χ0) is 10.2. The van der Waals surface area contributed by atoms with Crippen LogP contribution in [0.5, 0.6) is 0 Å². The standard InChI is InChI=1S/C12H19NS/c1-11(2)8-12(11,9-13)5-3-10-4-6-14-7-10/h4,6-7H,3,5,8-9,13H2,1-2H3. The van der Waals surface area contributed by atoms with E-state index in [-0.39, 0.29) is 0 Å². The zero-order valence-corrected chi connectivity index (χ0v) is 9.86. The van der Waals surface area contributed by atoms with Crippen LogP contribution in [0.15, 0.2) is 16.8 Å².